The molecule has 3 aromatic carbocycles. The van der Waals surface area contributed by atoms with Crippen molar-refractivity contribution < 1.29 is 22.3 Å². The Morgan fingerprint density at radius 3 is 2.53 bits per heavy atom. The molecule has 0 atom stereocenters. The topological polar surface area (TPSA) is 89.8 Å². The smallest absolute Gasteiger partial charge is 0.279 e. The van der Waals surface area contributed by atoms with Gasteiger partial charge in [-0.2, -0.15) is 4.99 Å². The first-order valence-electron chi connectivity index (χ1n) is 9.38. The van der Waals surface area contributed by atoms with Crippen LogP contribution in [0.1, 0.15) is 10.4 Å². The summed E-state index contributed by atoms with van der Waals surface area (Å²) in [4.78, 5) is 17.4. The first kappa shape index (κ1) is 21.7. The summed E-state index contributed by atoms with van der Waals surface area (Å²) in [6.07, 6.45) is 0. The number of carbonyl (C=O) groups is 1. The SMILES string of the molecule is COc1cccc2sc(=NC(=O)c3cccc(NS(=O)(=O)c4ccc(F)cc4)c3)n(C)c12. The molecule has 0 aliphatic carbocycles. The van der Waals surface area contributed by atoms with Gasteiger partial charge in [-0.3, -0.25) is 9.52 Å². The van der Waals surface area contributed by atoms with Crippen LogP contribution in [0.3, 0.4) is 0 Å². The number of aromatic nitrogens is 1. The molecule has 1 aromatic heterocycles. The number of nitrogens with zero attached hydrogens (tertiary/aromatic N) is 2. The van der Waals surface area contributed by atoms with Crippen molar-refractivity contribution in [1.29, 1.82) is 0 Å². The van der Waals surface area contributed by atoms with E-state index in [0.29, 0.717) is 10.6 Å². The monoisotopic (exact) mass is 471 g/mol. The quantitative estimate of drug-likeness (QED) is 0.478. The second kappa shape index (κ2) is 8.56. The Kier molecular flexibility index (Phi) is 5.81. The third-order valence-electron chi connectivity index (χ3n) is 4.69. The zero-order valence-electron chi connectivity index (χ0n) is 17.1. The number of hydrogen-bond acceptors (Lipinski definition) is 5. The fourth-order valence-electron chi connectivity index (χ4n) is 3.14. The number of amides is 1. The molecule has 0 fully saturated rings. The average Bonchev–Trinajstić information content (AvgIpc) is 3.09. The van der Waals surface area contributed by atoms with E-state index >= 15 is 0 Å². The van der Waals surface area contributed by atoms with Gasteiger partial charge in [-0.05, 0) is 54.6 Å². The number of ether oxygens (including phenoxy) is 1. The van der Waals surface area contributed by atoms with E-state index in [1.807, 2.05) is 18.2 Å². The first-order valence-corrected chi connectivity index (χ1v) is 11.7. The predicted molar refractivity (Wildman–Crippen MR) is 121 cm³/mol. The van der Waals surface area contributed by atoms with Crippen LogP contribution < -0.4 is 14.3 Å². The summed E-state index contributed by atoms with van der Waals surface area (Å²) < 4.78 is 48.6. The summed E-state index contributed by atoms with van der Waals surface area (Å²) in [6, 6.07) is 16.1. The molecular weight excluding hydrogens is 453 g/mol. The highest BCUT2D eigenvalue weighted by Gasteiger charge is 2.16. The first-order chi connectivity index (χ1) is 15.3. The van der Waals surface area contributed by atoms with Crippen molar-refractivity contribution in [2.45, 2.75) is 4.90 Å². The standard InChI is InChI=1S/C22H18FN3O4S2/c1-26-20-18(30-2)7-4-8-19(20)31-22(26)24-21(27)14-5-3-6-16(13-14)25-32(28,29)17-11-9-15(23)10-12-17/h3-13,25H,1-2H3. The fourth-order valence-corrected chi connectivity index (χ4v) is 5.22. The van der Waals surface area contributed by atoms with E-state index in [2.05, 4.69) is 9.71 Å². The number of thiazole rings is 1. The number of benzene rings is 3. The molecule has 32 heavy (non-hydrogen) atoms. The molecule has 0 saturated heterocycles. The minimum atomic E-state index is -3.94. The number of rotatable bonds is 5. The van der Waals surface area contributed by atoms with Crippen LogP contribution in [0.5, 0.6) is 5.75 Å². The molecule has 1 N–H and O–H groups in total. The van der Waals surface area contributed by atoms with Crippen LogP contribution in [0.25, 0.3) is 10.2 Å². The summed E-state index contributed by atoms with van der Waals surface area (Å²) in [7, 11) is -0.569. The van der Waals surface area contributed by atoms with Crippen LogP contribution in [-0.2, 0) is 17.1 Å². The summed E-state index contributed by atoms with van der Waals surface area (Å²) >= 11 is 1.34. The molecule has 4 aromatic rings. The third kappa shape index (κ3) is 4.27. The van der Waals surface area contributed by atoms with Gasteiger partial charge in [0.15, 0.2) is 4.80 Å². The van der Waals surface area contributed by atoms with Crippen molar-refractivity contribution in [3.63, 3.8) is 0 Å². The van der Waals surface area contributed by atoms with Crippen LogP contribution in [-0.4, -0.2) is 26.0 Å². The zero-order chi connectivity index (χ0) is 22.9. The lowest BCUT2D eigenvalue weighted by Crippen LogP contribution is -2.15. The van der Waals surface area contributed by atoms with Crippen LogP contribution in [0.2, 0.25) is 0 Å². The second-order valence-corrected chi connectivity index (χ2v) is 9.50. The predicted octanol–water partition coefficient (Wildman–Crippen LogP) is 3.93. The Hall–Kier alpha value is -3.50. The van der Waals surface area contributed by atoms with Crippen molar-refractivity contribution in [1.82, 2.24) is 4.57 Å². The molecule has 0 saturated carbocycles. The van der Waals surface area contributed by atoms with Gasteiger partial charge < -0.3 is 9.30 Å². The molecule has 0 radical (unpaired) electrons. The maximum absolute atomic E-state index is 13.1. The molecule has 10 heteroatoms. The van der Waals surface area contributed by atoms with E-state index in [-0.39, 0.29) is 16.1 Å². The molecule has 0 aliphatic heterocycles. The highest BCUT2D eigenvalue weighted by atomic mass is 32.2. The van der Waals surface area contributed by atoms with Gasteiger partial charge in [0.1, 0.15) is 17.1 Å². The summed E-state index contributed by atoms with van der Waals surface area (Å²) in [5.74, 6) is -0.383. The molecule has 7 nitrogen and oxygen atoms in total. The van der Waals surface area contributed by atoms with Gasteiger partial charge in [-0.25, -0.2) is 12.8 Å². The normalized spacial score (nSPS) is 12.2. The largest absolute Gasteiger partial charge is 0.495 e. The van der Waals surface area contributed by atoms with Gasteiger partial charge in [0.25, 0.3) is 15.9 Å². The fraction of sp³-hybridized carbons (Fsp3) is 0.0909. The van der Waals surface area contributed by atoms with Crippen molar-refractivity contribution in [2.24, 2.45) is 12.0 Å². The minimum absolute atomic E-state index is 0.0911. The van der Waals surface area contributed by atoms with Gasteiger partial charge in [-0.1, -0.05) is 23.5 Å². The Morgan fingerprint density at radius 2 is 1.81 bits per heavy atom. The number of hydrogen-bond donors (Lipinski definition) is 1. The lowest BCUT2D eigenvalue weighted by Gasteiger charge is -2.08. The van der Waals surface area contributed by atoms with Crippen LogP contribution in [0, 0.1) is 5.82 Å². The highest BCUT2D eigenvalue weighted by molar-refractivity contribution is 7.92. The second-order valence-electron chi connectivity index (χ2n) is 6.81. The number of sulfonamides is 1. The molecule has 4 rings (SSSR count). The Labute approximate surface area is 187 Å². The minimum Gasteiger partial charge on any atom is -0.495 e. The number of nitrogens with one attached hydrogen (secondary N) is 1. The van der Waals surface area contributed by atoms with E-state index in [9.17, 15) is 17.6 Å². The molecular formula is C22H18FN3O4S2. The number of para-hydroxylation sites is 1. The highest BCUT2D eigenvalue weighted by Crippen LogP contribution is 2.26. The Bertz CT molecular complexity index is 1490. The summed E-state index contributed by atoms with van der Waals surface area (Å²) in [5.41, 5.74) is 1.24. The number of anilines is 1. The zero-order valence-corrected chi connectivity index (χ0v) is 18.7. The van der Waals surface area contributed by atoms with E-state index < -0.39 is 21.7 Å². The summed E-state index contributed by atoms with van der Waals surface area (Å²) in [5, 5.41) is 0. The Balaban J connectivity index is 1.65. The van der Waals surface area contributed by atoms with E-state index in [1.165, 1.54) is 23.5 Å². The van der Waals surface area contributed by atoms with Crippen LogP contribution >= 0.6 is 11.3 Å². The van der Waals surface area contributed by atoms with Gasteiger partial charge in [0.05, 0.1) is 16.7 Å². The van der Waals surface area contributed by atoms with Crippen molar-refractivity contribution in [3.05, 3.63) is 82.9 Å². The number of carbonyl (C=O) groups excluding carboxylic acids is 1. The molecule has 0 unspecified atom stereocenters. The van der Waals surface area contributed by atoms with Crippen molar-refractivity contribution in [3.8, 4) is 5.75 Å². The molecule has 0 spiro atoms. The number of methoxy groups -OCH3 is 1. The van der Waals surface area contributed by atoms with Crippen molar-refractivity contribution >= 4 is 43.2 Å². The summed E-state index contributed by atoms with van der Waals surface area (Å²) in [6.45, 7) is 0. The van der Waals surface area contributed by atoms with Gasteiger partial charge in [-0.15, -0.1) is 0 Å². The molecule has 1 amide bonds. The van der Waals surface area contributed by atoms with Gasteiger partial charge in [0, 0.05) is 18.3 Å². The van der Waals surface area contributed by atoms with E-state index in [1.54, 1.807) is 30.9 Å². The maximum Gasteiger partial charge on any atom is 0.279 e. The van der Waals surface area contributed by atoms with Crippen LogP contribution in [0.15, 0.2) is 76.6 Å². The lowest BCUT2D eigenvalue weighted by molar-refractivity contribution is 0.0998. The molecule has 0 aliphatic rings. The molecule has 0 bridgehead atoms. The van der Waals surface area contributed by atoms with Crippen molar-refractivity contribution in [2.75, 3.05) is 11.8 Å². The lowest BCUT2D eigenvalue weighted by atomic mass is 10.2. The van der Waals surface area contributed by atoms with E-state index in [4.69, 9.17) is 4.74 Å². The average molecular weight is 472 g/mol. The molecule has 164 valence electrons. The maximum atomic E-state index is 13.1. The van der Waals surface area contributed by atoms with Crippen LogP contribution in [0.4, 0.5) is 10.1 Å². The van der Waals surface area contributed by atoms with Gasteiger partial charge >= 0.3 is 0 Å². The van der Waals surface area contributed by atoms with Gasteiger partial charge in [0.2, 0.25) is 0 Å². The van der Waals surface area contributed by atoms with E-state index in [0.717, 1.165) is 34.5 Å². The number of aryl methyl sites for hydroxylation is 1. The number of halogens is 1. The number of fused-ring (bicyclic) bond motifs is 1. The molecule has 1 heterocycles. The third-order valence-corrected chi connectivity index (χ3v) is 7.18. The Morgan fingerprint density at radius 1 is 1.09 bits per heavy atom.